The molecule has 8 heteroatoms. The van der Waals surface area contributed by atoms with Crippen molar-refractivity contribution in [3.63, 3.8) is 0 Å². The van der Waals surface area contributed by atoms with Crippen LogP contribution in [0.4, 0.5) is 4.39 Å². The Morgan fingerprint density at radius 2 is 1.53 bits per heavy atom. The van der Waals surface area contributed by atoms with Gasteiger partial charge in [-0.3, -0.25) is 14.6 Å². The first kappa shape index (κ1) is 20.8. The number of pyridine rings is 1. The van der Waals surface area contributed by atoms with Crippen LogP contribution in [0.3, 0.4) is 0 Å². The maximum Gasteiger partial charge on any atom is 0.272 e. The lowest BCUT2D eigenvalue weighted by Gasteiger charge is -2.06. The molecule has 160 valence electrons. The second kappa shape index (κ2) is 9.13. The van der Waals surface area contributed by atoms with Crippen LogP contribution in [0.1, 0.15) is 11.3 Å². The summed E-state index contributed by atoms with van der Waals surface area (Å²) in [5, 5.41) is 0.173. The Morgan fingerprint density at radius 1 is 0.844 bits per heavy atom. The van der Waals surface area contributed by atoms with E-state index in [0.29, 0.717) is 28.5 Å². The highest BCUT2D eigenvalue weighted by Gasteiger charge is 2.01. The van der Waals surface area contributed by atoms with Gasteiger partial charge in [-0.05, 0) is 66.2 Å². The largest absolute Gasteiger partial charge is 0.495 e. The highest BCUT2D eigenvalue weighted by molar-refractivity contribution is 5.51. The molecule has 0 aliphatic rings. The van der Waals surface area contributed by atoms with Crippen LogP contribution in [0.25, 0.3) is 12.2 Å². The van der Waals surface area contributed by atoms with Crippen molar-refractivity contribution in [2.24, 2.45) is 0 Å². The molecule has 0 bridgehead atoms. The van der Waals surface area contributed by atoms with Gasteiger partial charge in [-0.1, -0.05) is 12.1 Å². The molecule has 0 atom stereocenters. The zero-order valence-electron chi connectivity index (χ0n) is 17.0. The molecule has 0 spiro atoms. The van der Waals surface area contributed by atoms with Crippen molar-refractivity contribution in [2.45, 2.75) is 0 Å². The maximum atomic E-state index is 13.1. The van der Waals surface area contributed by atoms with Gasteiger partial charge in [-0.25, -0.2) is 4.39 Å². The number of benzene rings is 2. The highest BCUT2D eigenvalue weighted by Crippen LogP contribution is 2.22. The zero-order chi connectivity index (χ0) is 22.5. The van der Waals surface area contributed by atoms with Crippen LogP contribution in [0.5, 0.6) is 17.2 Å². The van der Waals surface area contributed by atoms with Gasteiger partial charge in [-0.15, -0.1) is 0 Å². The fourth-order valence-corrected chi connectivity index (χ4v) is 2.92. The average Bonchev–Trinajstić information content (AvgIpc) is 2.79. The lowest BCUT2D eigenvalue weighted by Crippen LogP contribution is -2.46. The van der Waals surface area contributed by atoms with Crippen LogP contribution in [-0.2, 0) is 0 Å². The minimum absolute atomic E-state index is 0.0817. The second-order valence-corrected chi connectivity index (χ2v) is 6.78. The molecule has 0 aliphatic carbocycles. The number of nitrogens with one attached hydrogen (secondary N) is 2. The molecule has 2 aromatic heterocycles. The minimum atomic E-state index is -0.466. The lowest BCUT2D eigenvalue weighted by atomic mass is 10.2. The van der Waals surface area contributed by atoms with Crippen molar-refractivity contribution >= 4 is 12.2 Å². The maximum absolute atomic E-state index is 13.1. The van der Waals surface area contributed by atoms with E-state index in [9.17, 15) is 14.0 Å². The molecule has 0 aliphatic heterocycles. The zero-order valence-corrected chi connectivity index (χ0v) is 17.0. The number of ether oxygens (including phenoxy) is 2. The molecular weight excluding hydrogens is 413 g/mol. The Bertz CT molecular complexity index is 1470. The van der Waals surface area contributed by atoms with Crippen molar-refractivity contribution in [3.05, 3.63) is 115 Å². The minimum Gasteiger partial charge on any atom is -0.495 e. The van der Waals surface area contributed by atoms with E-state index in [2.05, 4.69) is 15.0 Å². The Kier molecular flexibility index (Phi) is 5.94. The molecule has 0 radical (unpaired) electrons. The summed E-state index contributed by atoms with van der Waals surface area (Å²) in [5.41, 5.74) is 0.204. The van der Waals surface area contributed by atoms with Gasteiger partial charge in [0.15, 0.2) is 0 Å². The van der Waals surface area contributed by atoms with Gasteiger partial charge in [0.2, 0.25) is 0 Å². The predicted octanol–water partition coefficient (Wildman–Crippen LogP) is 2.06. The number of rotatable bonds is 5. The van der Waals surface area contributed by atoms with E-state index in [0.717, 1.165) is 0 Å². The molecule has 4 aromatic rings. The summed E-state index contributed by atoms with van der Waals surface area (Å²) < 4.78 is 23.8. The summed E-state index contributed by atoms with van der Waals surface area (Å²) >= 11 is 0. The molecule has 2 aromatic carbocycles. The van der Waals surface area contributed by atoms with Gasteiger partial charge in [0.05, 0.1) is 19.0 Å². The van der Waals surface area contributed by atoms with E-state index in [4.69, 9.17) is 9.47 Å². The van der Waals surface area contributed by atoms with Gasteiger partial charge in [0.25, 0.3) is 11.1 Å². The van der Waals surface area contributed by atoms with E-state index < -0.39 is 11.1 Å². The fraction of sp³-hybridized carbons (Fsp3) is 0.0417. The van der Waals surface area contributed by atoms with Crippen LogP contribution in [0.15, 0.2) is 76.4 Å². The number of methoxy groups -OCH3 is 1. The number of aromatic amines is 2. The Hall–Kier alpha value is -4.46. The Morgan fingerprint density at radius 3 is 2.19 bits per heavy atom. The van der Waals surface area contributed by atoms with Gasteiger partial charge >= 0.3 is 0 Å². The summed E-state index contributed by atoms with van der Waals surface area (Å²) in [5.74, 6) is 1.20. The van der Waals surface area contributed by atoms with E-state index >= 15 is 0 Å². The van der Waals surface area contributed by atoms with E-state index in [1.807, 2.05) is 0 Å². The van der Waals surface area contributed by atoms with Gasteiger partial charge < -0.3 is 19.4 Å². The van der Waals surface area contributed by atoms with Gasteiger partial charge in [0, 0.05) is 0 Å². The number of aromatic nitrogens is 3. The first-order valence-corrected chi connectivity index (χ1v) is 9.60. The summed E-state index contributed by atoms with van der Waals surface area (Å²) in [4.78, 5) is 34.3. The lowest BCUT2D eigenvalue weighted by molar-refractivity contribution is 0.413. The van der Waals surface area contributed by atoms with Crippen molar-refractivity contribution in [2.75, 3.05) is 7.11 Å². The monoisotopic (exact) mass is 431 g/mol. The smallest absolute Gasteiger partial charge is 0.272 e. The number of H-pyrrole nitrogens is 2. The first-order chi connectivity index (χ1) is 15.5. The highest BCUT2D eigenvalue weighted by atomic mass is 19.1. The molecule has 2 N–H and O–H groups in total. The van der Waals surface area contributed by atoms with Crippen LogP contribution in [0.2, 0.25) is 0 Å². The first-order valence-electron chi connectivity index (χ1n) is 9.60. The molecule has 0 saturated carbocycles. The molecule has 0 saturated heterocycles. The number of hydrogen-bond acceptors (Lipinski definition) is 5. The van der Waals surface area contributed by atoms with Crippen molar-refractivity contribution in [1.82, 2.24) is 15.0 Å². The van der Waals surface area contributed by atoms with Crippen LogP contribution < -0.4 is 31.3 Å². The molecule has 7 nitrogen and oxygen atoms in total. The standard InChI is InChI=1S/C24H18FN3O4/c1-31-20-10-7-17(26-14-20)13-22-24(30)27-21(23(29)28-22)12-15-3-2-4-19(11-15)32-18-8-5-16(25)6-9-18/h2-14H,1H3,(H,27,30)(H,28,29)/b21-12-,22-13-. The summed E-state index contributed by atoms with van der Waals surface area (Å²) in [6.45, 7) is 0. The topological polar surface area (TPSA) is 97.1 Å². The quantitative estimate of drug-likeness (QED) is 0.504. The van der Waals surface area contributed by atoms with Crippen LogP contribution in [0, 0.1) is 5.82 Å². The van der Waals surface area contributed by atoms with Crippen molar-refractivity contribution in [3.8, 4) is 17.2 Å². The number of halogens is 1. The van der Waals surface area contributed by atoms with Gasteiger partial charge in [-0.2, -0.15) is 0 Å². The third kappa shape index (κ3) is 4.99. The number of hydrogen-bond donors (Lipinski definition) is 2. The third-order valence-electron chi connectivity index (χ3n) is 4.49. The molecule has 0 amide bonds. The normalized spacial score (nSPS) is 12.1. The van der Waals surface area contributed by atoms with E-state index in [1.165, 1.54) is 49.7 Å². The molecule has 4 rings (SSSR count). The van der Waals surface area contributed by atoms with Crippen LogP contribution >= 0.6 is 0 Å². The Labute approximate surface area is 181 Å². The van der Waals surface area contributed by atoms with E-state index in [-0.39, 0.29) is 16.5 Å². The van der Waals surface area contributed by atoms with Crippen LogP contribution in [-0.4, -0.2) is 22.1 Å². The fourth-order valence-electron chi connectivity index (χ4n) is 2.92. The van der Waals surface area contributed by atoms with Gasteiger partial charge in [0.1, 0.15) is 33.8 Å². The van der Waals surface area contributed by atoms with Crippen molar-refractivity contribution in [1.29, 1.82) is 0 Å². The molecule has 0 fully saturated rings. The van der Waals surface area contributed by atoms with Crippen molar-refractivity contribution < 1.29 is 13.9 Å². The average molecular weight is 431 g/mol. The molecule has 32 heavy (non-hydrogen) atoms. The molecule has 0 unspecified atom stereocenters. The van der Waals surface area contributed by atoms with E-state index in [1.54, 1.807) is 36.4 Å². The predicted molar refractivity (Wildman–Crippen MR) is 118 cm³/mol. The SMILES string of the molecule is COc1ccc(/C=c2\[nH]c(=O)/c(=C/c3cccc(Oc4ccc(F)cc4)c3)[nH]c2=O)nc1. The summed E-state index contributed by atoms with van der Waals surface area (Å²) in [7, 11) is 1.53. The molecular formula is C24H18FN3O4. The third-order valence-corrected chi connectivity index (χ3v) is 4.49. The summed E-state index contributed by atoms with van der Waals surface area (Å²) in [6, 6.07) is 15.9. The number of nitrogens with zero attached hydrogens (tertiary/aromatic N) is 1. The molecule has 2 heterocycles. The second-order valence-electron chi connectivity index (χ2n) is 6.78. The summed E-state index contributed by atoms with van der Waals surface area (Å²) in [6.07, 6.45) is 4.52. The Balaban J connectivity index is 1.65.